The number of carbonyl (C=O) groups excluding carboxylic acids is 1. The Kier molecular flexibility index (Phi) is 5.14. The molecule has 0 radical (unpaired) electrons. The van der Waals surface area contributed by atoms with Crippen LogP contribution in [0.15, 0.2) is 0 Å². The normalized spacial score (nSPS) is 8.62. The van der Waals surface area contributed by atoms with Gasteiger partial charge < -0.3 is 11.1 Å². The van der Waals surface area contributed by atoms with E-state index in [4.69, 9.17) is 5.73 Å². The molecule has 8 heavy (non-hydrogen) atoms. The topological polar surface area (TPSA) is 55.1 Å². The second kappa shape index (κ2) is 5.14. The maximum Gasteiger partial charge on any atom is 0.312 e. The second-order valence-electron chi connectivity index (χ2n) is 1.33. The van der Waals surface area contributed by atoms with Gasteiger partial charge in [0.05, 0.1) is 0 Å². The number of rotatable bonds is 3. The Morgan fingerprint density at radius 1 is 1.75 bits per heavy atom. The molecule has 0 atom stereocenters. The summed E-state index contributed by atoms with van der Waals surface area (Å²) < 4.78 is 1.05. The van der Waals surface area contributed by atoms with Gasteiger partial charge in [-0.15, -0.1) is 0 Å². The van der Waals surface area contributed by atoms with Crippen molar-refractivity contribution in [2.75, 3.05) is 11.0 Å². The van der Waals surface area contributed by atoms with Gasteiger partial charge in [-0.25, -0.2) is 4.79 Å². The van der Waals surface area contributed by atoms with Crippen molar-refractivity contribution in [1.29, 1.82) is 0 Å². The summed E-state index contributed by atoms with van der Waals surface area (Å²) >= 11 is 2.24. The number of nitrogens with two attached hydrogens (primary N) is 1. The molecule has 0 saturated heterocycles. The van der Waals surface area contributed by atoms with Gasteiger partial charge in [0.1, 0.15) is 0 Å². The molecule has 0 aliphatic rings. The first-order valence-electron chi connectivity index (χ1n) is 2.36. The summed E-state index contributed by atoms with van der Waals surface area (Å²) in [5, 5.41) is 2.48. The lowest BCUT2D eigenvalue weighted by atomic mass is 10.5. The standard InChI is InChI=1S/C4H9IN2O/c5-2-1-3-7-4(6)8/h1-3H2,(H3,6,7,8). The second-order valence-corrected chi connectivity index (χ2v) is 2.41. The van der Waals surface area contributed by atoms with Gasteiger partial charge >= 0.3 is 6.03 Å². The molecule has 0 saturated carbocycles. The van der Waals surface area contributed by atoms with Crippen LogP contribution < -0.4 is 11.1 Å². The number of urea groups is 1. The fourth-order valence-electron chi connectivity index (χ4n) is 0.278. The minimum absolute atomic E-state index is 0.435. The Balaban J connectivity index is 2.82. The highest BCUT2D eigenvalue weighted by atomic mass is 127. The highest BCUT2D eigenvalue weighted by molar-refractivity contribution is 14.1. The molecule has 3 N–H and O–H groups in total. The van der Waals surface area contributed by atoms with E-state index in [-0.39, 0.29) is 0 Å². The largest absolute Gasteiger partial charge is 0.352 e. The number of primary amides is 1. The number of hydrogen-bond acceptors (Lipinski definition) is 1. The molecule has 0 heterocycles. The smallest absolute Gasteiger partial charge is 0.312 e. The molecule has 0 aliphatic heterocycles. The molecule has 0 aromatic heterocycles. The Morgan fingerprint density at radius 3 is 2.75 bits per heavy atom. The number of alkyl halides is 1. The van der Waals surface area contributed by atoms with Crippen LogP contribution in [0.3, 0.4) is 0 Å². The number of nitrogens with one attached hydrogen (secondary N) is 1. The van der Waals surface area contributed by atoms with Crippen molar-refractivity contribution in [3.8, 4) is 0 Å². The van der Waals surface area contributed by atoms with E-state index in [0.717, 1.165) is 10.8 Å². The maximum absolute atomic E-state index is 9.98. The zero-order chi connectivity index (χ0) is 6.41. The van der Waals surface area contributed by atoms with Crippen molar-refractivity contribution in [3.05, 3.63) is 0 Å². The molecule has 0 spiro atoms. The molecule has 0 fully saturated rings. The molecule has 0 aliphatic carbocycles. The van der Waals surface area contributed by atoms with E-state index < -0.39 is 6.03 Å². The van der Waals surface area contributed by atoms with E-state index in [1.807, 2.05) is 0 Å². The first kappa shape index (κ1) is 8.00. The fourth-order valence-corrected chi connectivity index (χ4v) is 0.660. The first-order valence-corrected chi connectivity index (χ1v) is 3.89. The Labute approximate surface area is 62.1 Å². The minimum Gasteiger partial charge on any atom is -0.352 e. The lowest BCUT2D eigenvalue weighted by Gasteiger charge is -1.95. The molecule has 3 nitrogen and oxygen atoms in total. The summed E-state index contributed by atoms with van der Waals surface area (Å²) in [6.07, 6.45) is 0.990. The molecule has 2 amide bonds. The lowest BCUT2D eigenvalue weighted by molar-refractivity contribution is 0.249. The summed E-state index contributed by atoms with van der Waals surface area (Å²) in [5.41, 5.74) is 4.78. The van der Waals surface area contributed by atoms with E-state index in [1.54, 1.807) is 0 Å². The van der Waals surface area contributed by atoms with Crippen molar-refractivity contribution in [2.45, 2.75) is 6.42 Å². The van der Waals surface area contributed by atoms with Gasteiger partial charge in [0.2, 0.25) is 0 Å². The molecule has 4 heteroatoms. The summed E-state index contributed by atoms with van der Waals surface area (Å²) in [6, 6.07) is -0.435. The average Bonchev–Trinajstić information content (AvgIpc) is 1.66. The van der Waals surface area contributed by atoms with E-state index >= 15 is 0 Å². The van der Waals surface area contributed by atoms with Gasteiger partial charge in [-0.3, -0.25) is 0 Å². The van der Waals surface area contributed by atoms with E-state index in [0.29, 0.717) is 6.54 Å². The SMILES string of the molecule is NC(=O)NCCCI. The number of halogens is 1. The monoisotopic (exact) mass is 228 g/mol. The summed E-state index contributed by atoms with van der Waals surface area (Å²) in [7, 11) is 0. The molecule has 48 valence electrons. The van der Waals surface area contributed by atoms with Gasteiger partial charge in [0, 0.05) is 11.0 Å². The van der Waals surface area contributed by atoms with Crippen molar-refractivity contribution < 1.29 is 4.79 Å². The van der Waals surface area contributed by atoms with E-state index in [9.17, 15) is 4.79 Å². The van der Waals surface area contributed by atoms with Gasteiger partial charge in [-0.05, 0) is 6.42 Å². The predicted molar refractivity (Wildman–Crippen MR) is 41.1 cm³/mol. The van der Waals surface area contributed by atoms with Crippen molar-refractivity contribution in [2.24, 2.45) is 5.73 Å². The molecular weight excluding hydrogens is 219 g/mol. The summed E-state index contributed by atoms with van der Waals surface area (Å²) in [4.78, 5) is 9.98. The predicted octanol–water partition coefficient (Wildman–Crippen LogP) is 0.480. The third-order valence-electron chi connectivity index (χ3n) is 0.610. The lowest BCUT2D eigenvalue weighted by Crippen LogP contribution is -2.30. The zero-order valence-electron chi connectivity index (χ0n) is 4.48. The summed E-state index contributed by atoms with van der Waals surface area (Å²) in [6.45, 7) is 0.693. The van der Waals surface area contributed by atoms with Gasteiger partial charge in [-0.2, -0.15) is 0 Å². The van der Waals surface area contributed by atoms with Gasteiger partial charge in [0.25, 0.3) is 0 Å². The molecule has 0 aromatic carbocycles. The first-order chi connectivity index (χ1) is 3.77. The molecule has 0 unspecified atom stereocenters. The third-order valence-corrected chi connectivity index (χ3v) is 1.37. The fraction of sp³-hybridized carbons (Fsp3) is 0.750. The highest BCUT2D eigenvalue weighted by Crippen LogP contribution is 1.84. The molecule has 0 aromatic rings. The Morgan fingerprint density at radius 2 is 2.38 bits per heavy atom. The quantitative estimate of drug-likeness (QED) is 0.412. The van der Waals surface area contributed by atoms with Crippen LogP contribution in [0, 0.1) is 0 Å². The van der Waals surface area contributed by atoms with Gasteiger partial charge in [0.15, 0.2) is 0 Å². The van der Waals surface area contributed by atoms with Crippen LogP contribution in [0.25, 0.3) is 0 Å². The Bertz CT molecular complexity index is 76.4. The number of hydrogen-bond donors (Lipinski definition) is 2. The van der Waals surface area contributed by atoms with Crippen LogP contribution in [0.1, 0.15) is 6.42 Å². The maximum atomic E-state index is 9.98. The third kappa shape index (κ3) is 6.00. The van der Waals surface area contributed by atoms with Crippen LogP contribution in [0.2, 0.25) is 0 Å². The van der Waals surface area contributed by atoms with Crippen LogP contribution in [-0.2, 0) is 0 Å². The summed E-state index contributed by atoms with van der Waals surface area (Å²) in [5.74, 6) is 0. The Hall–Kier alpha value is 0. The van der Waals surface area contributed by atoms with Crippen LogP contribution in [-0.4, -0.2) is 17.0 Å². The molecule has 0 bridgehead atoms. The van der Waals surface area contributed by atoms with Crippen molar-refractivity contribution in [1.82, 2.24) is 5.32 Å². The van der Waals surface area contributed by atoms with Crippen molar-refractivity contribution in [3.63, 3.8) is 0 Å². The highest BCUT2D eigenvalue weighted by Gasteiger charge is 1.86. The van der Waals surface area contributed by atoms with E-state index in [1.165, 1.54) is 0 Å². The van der Waals surface area contributed by atoms with Crippen LogP contribution >= 0.6 is 22.6 Å². The minimum atomic E-state index is -0.435. The van der Waals surface area contributed by atoms with Crippen molar-refractivity contribution >= 4 is 28.6 Å². The van der Waals surface area contributed by atoms with Crippen LogP contribution in [0.4, 0.5) is 4.79 Å². The van der Waals surface area contributed by atoms with Crippen LogP contribution in [0.5, 0.6) is 0 Å². The number of carbonyl (C=O) groups is 1. The molecule has 0 rings (SSSR count). The number of amides is 2. The van der Waals surface area contributed by atoms with Gasteiger partial charge in [-0.1, -0.05) is 22.6 Å². The molecular formula is C4H9IN2O. The van der Waals surface area contributed by atoms with E-state index in [2.05, 4.69) is 27.9 Å². The zero-order valence-corrected chi connectivity index (χ0v) is 6.64. The average molecular weight is 228 g/mol.